The Morgan fingerprint density at radius 2 is 1.83 bits per heavy atom. The molecule has 2 aromatic rings. The van der Waals surface area contributed by atoms with Crippen LogP contribution in [0.15, 0.2) is 36.4 Å². The van der Waals surface area contributed by atoms with Crippen LogP contribution >= 0.6 is 11.6 Å². The Morgan fingerprint density at radius 1 is 1.13 bits per heavy atom. The molecule has 2 rings (SSSR count). The summed E-state index contributed by atoms with van der Waals surface area (Å²) in [6, 6.07) is 7.42. The molecular weight excluding hydrogens is 362 g/mol. The first-order valence-corrected chi connectivity index (χ1v) is 6.64. The summed E-state index contributed by atoms with van der Waals surface area (Å²) in [6.45, 7) is -5.55. The van der Waals surface area contributed by atoms with Crippen LogP contribution in [0.3, 0.4) is 0 Å². The molecule has 0 atom stereocenters. The molecule has 0 aliphatic carbocycles. The van der Waals surface area contributed by atoms with E-state index in [2.05, 4.69) is 0 Å². The van der Waals surface area contributed by atoms with Crippen LogP contribution in [0, 0.1) is 5.82 Å². The van der Waals surface area contributed by atoms with Crippen LogP contribution in [-0.2, 0) is 6.61 Å². The van der Waals surface area contributed by atoms with E-state index in [4.69, 9.17) is 21.1 Å². The number of hydrogen-bond donors (Lipinski definition) is 0. The van der Waals surface area contributed by atoms with Gasteiger partial charge < -0.3 is 22.4 Å². The van der Waals surface area contributed by atoms with Crippen molar-refractivity contribution in [2.45, 2.75) is 6.61 Å². The molecule has 0 amide bonds. The summed E-state index contributed by atoms with van der Waals surface area (Å²) >= 11 is 5.74. The Hall–Kier alpha value is -0.249. The van der Waals surface area contributed by atoms with Crippen LogP contribution in [0.1, 0.15) is 5.56 Å². The van der Waals surface area contributed by atoms with E-state index in [0.29, 0.717) is 0 Å². The van der Waals surface area contributed by atoms with Gasteiger partial charge in [0.2, 0.25) is 0 Å². The Bertz CT molecular complexity index is 682. The van der Waals surface area contributed by atoms with Gasteiger partial charge in [-0.05, 0) is 24.3 Å². The smallest absolute Gasteiger partial charge is 0.497 e. The molecule has 0 saturated carbocycles. The molecule has 2 aromatic carbocycles. The summed E-state index contributed by atoms with van der Waals surface area (Å²) < 4.78 is 62.5. The van der Waals surface area contributed by atoms with Gasteiger partial charge in [-0.1, -0.05) is 29.2 Å². The first-order chi connectivity index (χ1) is 10.3. The van der Waals surface area contributed by atoms with E-state index in [1.807, 2.05) is 0 Å². The summed E-state index contributed by atoms with van der Waals surface area (Å²) in [5.41, 5.74) is -0.648. The van der Waals surface area contributed by atoms with Gasteiger partial charge in [-0.2, -0.15) is 0 Å². The predicted octanol–water partition coefficient (Wildman–Crippen LogP) is 1.13. The first-order valence-electron chi connectivity index (χ1n) is 6.26. The molecule has 0 aliphatic heterocycles. The molecule has 0 spiro atoms. The molecule has 0 saturated heterocycles. The second-order valence-electron chi connectivity index (χ2n) is 4.48. The molecule has 0 bridgehead atoms. The van der Waals surface area contributed by atoms with Gasteiger partial charge in [0, 0.05) is 5.56 Å². The van der Waals surface area contributed by atoms with Crippen molar-refractivity contribution in [1.82, 2.24) is 0 Å². The van der Waals surface area contributed by atoms with Gasteiger partial charge in [-0.15, -0.1) is 0 Å². The summed E-state index contributed by atoms with van der Waals surface area (Å²) in [4.78, 5) is 0. The third kappa shape index (κ3) is 5.37. The molecule has 0 unspecified atom stereocenters. The van der Waals surface area contributed by atoms with E-state index < -0.39 is 18.3 Å². The van der Waals surface area contributed by atoms with Crippen molar-refractivity contribution in [3.8, 4) is 11.5 Å². The number of methoxy groups -OCH3 is 1. The maximum atomic E-state index is 13.3. The summed E-state index contributed by atoms with van der Waals surface area (Å²) in [5.74, 6) is -0.934. The van der Waals surface area contributed by atoms with Gasteiger partial charge in [0.25, 0.3) is 0 Å². The van der Waals surface area contributed by atoms with Crippen LogP contribution in [-0.4, -0.2) is 14.1 Å². The SMILES string of the molecule is COc1ccc(OCc2cccc(F)c2Cl)c([B-](F)(F)F)c1.[K+]. The molecule has 0 aromatic heterocycles. The summed E-state index contributed by atoms with van der Waals surface area (Å²) in [7, 11) is 1.27. The number of benzene rings is 2. The quantitative estimate of drug-likeness (QED) is 0.579. The van der Waals surface area contributed by atoms with Crippen molar-refractivity contribution in [3.63, 3.8) is 0 Å². The molecule has 0 N–H and O–H groups in total. The topological polar surface area (TPSA) is 18.5 Å². The fraction of sp³-hybridized carbons (Fsp3) is 0.143. The van der Waals surface area contributed by atoms with Crippen LogP contribution in [0.5, 0.6) is 11.5 Å². The van der Waals surface area contributed by atoms with E-state index in [9.17, 15) is 17.3 Å². The van der Waals surface area contributed by atoms with Gasteiger partial charge in [-0.3, -0.25) is 0 Å². The van der Waals surface area contributed by atoms with E-state index in [-0.39, 0.29) is 80.1 Å². The van der Waals surface area contributed by atoms with Gasteiger partial charge in [0.15, 0.2) is 0 Å². The predicted molar refractivity (Wildman–Crippen MR) is 77.4 cm³/mol. The molecule has 9 heteroatoms. The van der Waals surface area contributed by atoms with Crippen LogP contribution < -0.4 is 66.3 Å². The van der Waals surface area contributed by atoms with Crippen molar-refractivity contribution in [1.29, 1.82) is 0 Å². The second kappa shape index (κ2) is 8.73. The molecule has 2 nitrogen and oxygen atoms in total. The van der Waals surface area contributed by atoms with Crippen molar-refractivity contribution >= 4 is 24.0 Å². The molecule has 0 fully saturated rings. The van der Waals surface area contributed by atoms with E-state index in [1.165, 1.54) is 25.3 Å². The molecule has 118 valence electrons. The van der Waals surface area contributed by atoms with Gasteiger partial charge >= 0.3 is 58.4 Å². The van der Waals surface area contributed by atoms with E-state index in [0.717, 1.165) is 18.2 Å². The third-order valence-electron chi connectivity index (χ3n) is 2.98. The second-order valence-corrected chi connectivity index (χ2v) is 4.86. The average Bonchev–Trinajstić information content (AvgIpc) is 2.47. The monoisotopic (exact) mass is 372 g/mol. The third-order valence-corrected chi connectivity index (χ3v) is 3.41. The maximum Gasteiger partial charge on any atom is 1.00 e. The zero-order valence-electron chi connectivity index (χ0n) is 12.5. The first kappa shape index (κ1) is 20.8. The van der Waals surface area contributed by atoms with Crippen LogP contribution in [0.4, 0.5) is 17.3 Å². The standard InChI is InChI=1S/C14H11BClF4O2.K/c1-21-10-5-6-13(11(7-10)15(18,19)20)22-8-9-3-2-4-12(17)14(9)16;/h2-7H,8H2,1H3;/q-1;+1. The molecular formula is C14H11BClF4KO2. The maximum absolute atomic E-state index is 13.3. The normalized spacial score (nSPS) is 10.9. The Balaban J connectivity index is 0.00000264. The van der Waals surface area contributed by atoms with Crippen LogP contribution in [0.25, 0.3) is 0 Å². The van der Waals surface area contributed by atoms with Gasteiger partial charge in [-0.25, -0.2) is 4.39 Å². The van der Waals surface area contributed by atoms with Gasteiger partial charge in [0.1, 0.15) is 18.2 Å². The fourth-order valence-corrected chi connectivity index (χ4v) is 2.04. The van der Waals surface area contributed by atoms with Gasteiger partial charge in [0.05, 0.1) is 17.9 Å². The zero-order chi connectivity index (χ0) is 16.3. The number of halogens is 5. The summed E-state index contributed by atoms with van der Waals surface area (Å²) in [5, 5.41) is -0.171. The minimum Gasteiger partial charge on any atom is -0.497 e. The van der Waals surface area contributed by atoms with Crippen molar-refractivity contribution < 1.29 is 78.2 Å². The minimum atomic E-state index is -5.28. The van der Waals surface area contributed by atoms with Crippen molar-refractivity contribution in [2.24, 2.45) is 0 Å². The van der Waals surface area contributed by atoms with E-state index in [1.54, 1.807) is 0 Å². The molecule has 0 aliphatic rings. The average molecular weight is 373 g/mol. The number of rotatable bonds is 5. The summed E-state index contributed by atoms with van der Waals surface area (Å²) in [6.07, 6.45) is 0. The largest absolute Gasteiger partial charge is 1.00 e. The molecule has 0 radical (unpaired) electrons. The van der Waals surface area contributed by atoms with Crippen molar-refractivity contribution in [2.75, 3.05) is 7.11 Å². The Kier molecular flexibility index (Phi) is 7.90. The van der Waals surface area contributed by atoms with Crippen LogP contribution in [0.2, 0.25) is 5.02 Å². The Morgan fingerprint density at radius 3 is 2.43 bits per heavy atom. The Labute approximate surface area is 178 Å². The van der Waals surface area contributed by atoms with Crippen molar-refractivity contribution in [3.05, 3.63) is 52.8 Å². The zero-order valence-corrected chi connectivity index (χ0v) is 16.3. The number of hydrogen-bond acceptors (Lipinski definition) is 2. The fourth-order valence-electron chi connectivity index (χ4n) is 1.86. The number of ether oxygens (including phenoxy) is 2. The van der Waals surface area contributed by atoms with E-state index >= 15 is 0 Å². The minimum absolute atomic E-state index is 0. The molecule has 0 heterocycles. The molecule has 23 heavy (non-hydrogen) atoms.